The van der Waals surface area contributed by atoms with Gasteiger partial charge in [-0.2, -0.15) is 5.10 Å². The SMILES string of the molecule is CC(NS(=O)(=O)c1cn(C)nc1N)c1ccc(Cl)cc1Cl. The van der Waals surface area contributed by atoms with Gasteiger partial charge < -0.3 is 5.73 Å². The Hall–Kier alpha value is -1.28. The molecule has 1 aromatic carbocycles. The zero-order chi connectivity index (χ0) is 15.8. The minimum atomic E-state index is -3.79. The van der Waals surface area contributed by atoms with E-state index in [1.807, 2.05) is 0 Å². The number of aromatic nitrogens is 2. The molecule has 0 radical (unpaired) electrons. The van der Waals surface area contributed by atoms with Crippen molar-refractivity contribution in [2.24, 2.45) is 7.05 Å². The standard InChI is InChI=1S/C12H14Cl2N4O2S/c1-7(9-4-3-8(13)5-10(9)14)17-21(19,20)11-6-18(2)16-12(11)15/h3-7,17H,1-2H3,(H2,15,16). The summed E-state index contributed by atoms with van der Waals surface area (Å²) >= 11 is 11.9. The van der Waals surface area contributed by atoms with Crippen molar-refractivity contribution in [3.05, 3.63) is 40.0 Å². The second-order valence-corrected chi connectivity index (χ2v) is 7.09. The van der Waals surface area contributed by atoms with Gasteiger partial charge in [-0.3, -0.25) is 4.68 Å². The van der Waals surface area contributed by atoms with Crippen LogP contribution in [0.15, 0.2) is 29.3 Å². The fraction of sp³-hybridized carbons (Fsp3) is 0.250. The molecule has 1 heterocycles. The Labute approximate surface area is 132 Å². The van der Waals surface area contributed by atoms with Gasteiger partial charge in [-0.1, -0.05) is 29.3 Å². The molecule has 0 spiro atoms. The number of nitrogens with two attached hydrogens (primary N) is 1. The quantitative estimate of drug-likeness (QED) is 0.887. The lowest BCUT2D eigenvalue weighted by Crippen LogP contribution is -2.27. The van der Waals surface area contributed by atoms with Crippen molar-refractivity contribution in [2.45, 2.75) is 17.9 Å². The Morgan fingerprint density at radius 2 is 2.05 bits per heavy atom. The molecule has 2 aromatic rings. The maximum atomic E-state index is 12.3. The molecule has 0 amide bonds. The number of sulfonamides is 1. The third-order valence-electron chi connectivity index (χ3n) is 2.87. The van der Waals surface area contributed by atoms with Crippen LogP contribution in [0.5, 0.6) is 0 Å². The van der Waals surface area contributed by atoms with E-state index < -0.39 is 16.1 Å². The van der Waals surface area contributed by atoms with Crippen molar-refractivity contribution in [1.82, 2.24) is 14.5 Å². The molecule has 0 saturated carbocycles. The molecule has 6 nitrogen and oxygen atoms in total. The molecule has 2 rings (SSSR count). The van der Waals surface area contributed by atoms with Crippen LogP contribution >= 0.6 is 23.2 Å². The number of rotatable bonds is 4. The summed E-state index contributed by atoms with van der Waals surface area (Å²) in [6.45, 7) is 1.68. The molecule has 0 aliphatic heterocycles. The molecule has 0 aliphatic rings. The zero-order valence-corrected chi connectivity index (χ0v) is 13.7. The highest BCUT2D eigenvalue weighted by molar-refractivity contribution is 7.89. The number of halogens is 2. The van der Waals surface area contributed by atoms with Crippen molar-refractivity contribution < 1.29 is 8.42 Å². The molecule has 1 atom stereocenters. The Morgan fingerprint density at radius 1 is 1.38 bits per heavy atom. The number of hydrogen-bond donors (Lipinski definition) is 2. The maximum absolute atomic E-state index is 12.3. The highest BCUT2D eigenvalue weighted by Crippen LogP contribution is 2.27. The fourth-order valence-electron chi connectivity index (χ4n) is 1.90. The summed E-state index contributed by atoms with van der Waals surface area (Å²) in [6.07, 6.45) is 1.34. The molecule has 21 heavy (non-hydrogen) atoms. The van der Waals surface area contributed by atoms with E-state index >= 15 is 0 Å². The van der Waals surface area contributed by atoms with Crippen LogP contribution in [0.4, 0.5) is 5.82 Å². The van der Waals surface area contributed by atoms with Gasteiger partial charge in [0.25, 0.3) is 0 Å². The summed E-state index contributed by atoms with van der Waals surface area (Å²) in [5, 5.41) is 4.69. The molecule has 0 aliphatic carbocycles. The summed E-state index contributed by atoms with van der Waals surface area (Å²) in [7, 11) is -2.20. The molecular weight excluding hydrogens is 335 g/mol. The average Bonchev–Trinajstić information content (AvgIpc) is 2.68. The van der Waals surface area contributed by atoms with Crippen LogP contribution < -0.4 is 10.5 Å². The van der Waals surface area contributed by atoms with Crippen LogP contribution in [0.25, 0.3) is 0 Å². The van der Waals surface area contributed by atoms with Gasteiger partial charge >= 0.3 is 0 Å². The Balaban J connectivity index is 2.30. The normalized spacial score (nSPS) is 13.3. The Morgan fingerprint density at radius 3 is 2.57 bits per heavy atom. The first-order valence-corrected chi connectivity index (χ1v) is 8.21. The van der Waals surface area contributed by atoms with Gasteiger partial charge in [-0.15, -0.1) is 0 Å². The van der Waals surface area contributed by atoms with Crippen LogP contribution in [0.3, 0.4) is 0 Å². The van der Waals surface area contributed by atoms with Crippen LogP contribution in [-0.4, -0.2) is 18.2 Å². The summed E-state index contributed by atoms with van der Waals surface area (Å²) in [5.41, 5.74) is 6.21. The highest BCUT2D eigenvalue weighted by Gasteiger charge is 2.24. The summed E-state index contributed by atoms with van der Waals surface area (Å²) in [6, 6.07) is 4.33. The summed E-state index contributed by atoms with van der Waals surface area (Å²) in [5.74, 6) is -0.0561. The van der Waals surface area contributed by atoms with Gasteiger partial charge in [0.1, 0.15) is 4.90 Å². The highest BCUT2D eigenvalue weighted by atomic mass is 35.5. The van der Waals surface area contributed by atoms with Crippen LogP contribution in [0.1, 0.15) is 18.5 Å². The fourth-order valence-corrected chi connectivity index (χ4v) is 3.80. The first kappa shape index (κ1) is 16.1. The molecule has 0 saturated heterocycles. The van der Waals surface area contributed by atoms with E-state index in [2.05, 4.69) is 9.82 Å². The first-order chi connectivity index (χ1) is 9.70. The van der Waals surface area contributed by atoms with Gasteiger partial charge in [0.05, 0.1) is 0 Å². The molecule has 1 unspecified atom stereocenters. The number of hydrogen-bond acceptors (Lipinski definition) is 4. The number of nitrogen functional groups attached to an aromatic ring is 1. The van der Waals surface area contributed by atoms with E-state index in [9.17, 15) is 8.42 Å². The minimum absolute atomic E-state index is 0.0561. The van der Waals surface area contributed by atoms with E-state index in [0.29, 0.717) is 15.6 Å². The lowest BCUT2D eigenvalue weighted by molar-refractivity contribution is 0.567. The van der Waals surface area contributed by atoms with E-state index in [1.165, 1.54) is 10.9 Å². The molecular formula is C12H14Cl2N4O2S. The van der Waals surface area contributed by atoms with Crippen LogP contribution in [0, 0.1) is 0 Å². The predicted molar refractivity (Wildman–Crippen MR) is 82.8 cm³/mol. The molecule has 1 aromatic heterocycles. The van der Waals surface area contributed by atoms with E-state index in [4.69, 9.17) is 28.9 Å². The Bertz CT molecular complexity index is 774. The van der Waals surface area contributed by atoms with Gasteiger partial charge in [-0.25, -0.2) is 13.1 Å². The topological polar surface area (TPSA) is 90.0 Å². The molecule has 0 bridgehead atoms. The molecule has 114 valence electrons. The number of nitrogens with one attached hydrogen (secondary N) is 1. The number of benzene rings is 1. The van der Waals surface area contributed by atoms with E-state index in [0.717, 1.165) is 0 Å². The van der Waals surface area contributed by atoms with Crippen molar-refractivity contribution >= 4 is 39.0 Å². The van der Waals surface area contributed by atoms with Crippen molar-refractivity contribution in [3.8, 4) is 0 Å². The van der Waals surface area contributed by atoms with Gasteiger partial charge in [0.15, 0.2) is 5.82 Å². The largest absolute Gasteiger partial charge is 0.381 e. The molecule has 9 heteroatoms. The maximum Gasteiger partial charge on any atom is 0.246 e. The van der Waals surface area contributed by atoms with Crippen molar-refractivity contribution in [1.29, 1.82) is 0 Å². The van der Waals surface area contributed by atoms with Crippen molar-refractivity contribution in [2.75, 3.05) is 5.73 Å². The summed E-state index contributed by atoms with van der Waals surface area (Å²) < 4.78 is 28.5. The number of nitrogens with zero attached hydrogens (tertiary/aromatic N) is 2. The van der Waals surface area contributed by atoms with Crippen molar-refractivity contribution in [3.63, 3.8) is 0 Å². The van der Waals surface area contributed by atoms with Gasteiger partial charge in [-0.05, 0) is 24.6 Å². The molecule has 3 N–H and O–H groups in total. The third-order valence-corrected chi connectivity index (χ3v) is 4.99. The first-order valence-electron chi connectivity index (χ1n) is 5.97. The third kappa shape index (κ3) is 3.49. The second-order valence-electron chi connectivity index (χ2n) is 4.56. The zero-order valence-electron chi connectivity index (χ0n) is 11.3. The second kappa shape index (κ2) is 5.84. The van der Waals surface area contributed by atoms with E-state index in [-0.39, 0.29) is 10.7 Å². The smallest absolute Gasteiger partial charge is 0.246 e. The lowest BCUT2D eigenvalue weighted by Gasteiger charge is -2.15. The van der Waals surface area contributed by atoms with Gasteiger partial charge in [0.2, 0.25) is 10.0 Å². The summed E-state index contributed by atoms with van der Waals surface area (Å²) in [4.78, 5) is -0.0677. The molecule has 0 fully saturated rings. The predicted octanol–water partition coefficient (Wildman–Crippen LogP) is 2.35. The van der Waals surface area contributed by atoms with Crippen LogP contribution in [0.2, 0.25) is 10.0 Å². The monoisotopic (exact) mass is 348 g/mol. The van der Waals surface area contributed by atoms with E-state index in [1.54, 1.807) is 32.2 Å². The Kier molecular flexibility index (Phi) is 4.48. The van der Waals surface area contributed by atoms with Crippen LogP contribution in [-0.2, 0) is 17.1 Å². The van der Waals surface area contributed by atoms with Gasteiger partial charge in [0, 0.05) is 29.3 Å². The number of anilines is 1. The lowest BCUT2D eigenvalue weighted by atomic mass is 10.1. The average molecular weight is 349 g/mol. The minimum Gasteiger partial charge on any atom is -0.381 e. The number of aryl methyl sites for hydroxylation is 1.